The van der Waals surface area contributed by atoms with Gasteiger partial charge in [-0.25, -0.2) is 29.4 Å². The van der Waals surface area contributed by atoms with Crippen molar-refractivity contribution in [3.8, 4) is 11.4 Å². The molecule has 0 saturated heterocycles. The number of hydrogen-bond acceptors (Lipinski definition) is 10. The molecule has 2 aromatic heterocycles. The van der Waals surface area contributed by atoms with Crippen LogP contribution in [0.5, 0.6) is 0 Å². The van der Waals surface area contributed by atoms with Gasteiger partial charge in [0.05, 0.1) is 29.0 Å². The second kappa shape index (κ2) is 14.1. The number of cyclic esters (lactones) is 1. The number of pyridine rings is 2. The van der Waals surface area contributed by atoms with Crippen LogP contribution in [0.2, 0.25) is 0 Å². The summed E-state index contributed by atoms with van der Waals surface area (Å²) in [5.74, 6) is -0.567. The van der Waals surface area contributed by atoms with Crippen LogP contribution >= 0.6 is 10.0 Å². The second-order valence-corrected chi connectivity index (χ2v) is 19.6. The highest BCUT2D eigenvalue weighted by Gasteiger charge is 2.50. The van der Waals surface area contributed by atoms with E-state index in [0.717, 1.165) is 21.6 Å². The van der Waals surface area contributed by atoms with Gasteiger partial charge in [-0.2, -0.15) is 0 Å². The van der Waals surface area contributed by atoms with Crippen molar-refractivity contribution in [1.82, 2.24) is 14.9 Å². The molecule has 1 aromatic carbocycles. The van der Waals surface area contributed by atoms with E-state index in [1.165, 1.54) is 0 Å². The van der Waals surface area contributed by atoms with Crippen molar-refractivity contribution in [2.75, 3.05) is 30.1 Å². The Balaban J connectivity index is 1.53. The van der Waals surface area contributed by atoms with Crippen LogP contribution in [0.3, 0.4) is 0 Å². The minimum Gasteiger partial charge on any atom is -0.457 e. The largest absolute Gasteiger partial charge is 0.457 e. The maximum Gasteiger partial charge on any atom is 0.412 e. The van der Waals surface area contributed by atoms with E-state index in [1.54, 1.807) is 65.2 Å². The van der Waals surface area contributed by atoms with E-state index in [2.05, 4.69) is 30.1 Å². The molecule has 0 radical (unpaired) electrons. The number of nitrogens with one attached hydrogen (secondary N) is 2. The van der Waals surface area contributed by atoms with Gasteiger partial charge in [-0.1, -0.05) is 13.8 Å². The van der Waals surface area contributed by atoms with Crippen molar-refractivity contribution in [3.63, 3.8) is 0 Å². The van der Waals surface area contributed by atoms with Gasteiger partial charge in [-0.15, -0.1) is 0 Å². The molecule has 2 amide bonds. The number of carbonyl (C=O) groups is 4. The number of hydrogen-bond donors (Lipinski definition) is 2. The molecule has 13 nitrogen and oxygen atoms in total. The molecular formula is C38H50N4O9S. The van der Waals surface area contributed by atoms with Gasteiger partial charge in [-0.3, -0.25) is 14.9 Å². The maximum atomic E-state index is 14.3. The predicted octanol–water partition coefficient (Wildman–Crippen LogP) is 6.73. The van der Waals surface area contributed by atoms with Crippen LogP contribution in [0, 0.1) is 0 Å². The van der Waals surface area contributed by atoms with Crippen molar-refractivity contribution in [1.29, 1.82) is 0 Å². The van der Waals surface area contributed by atoms with Crippen molar-refractivity contribution < 1.29 is 38.1 Å². The van der Waals surface area contributed by atoms with Crippen molar-refractivity contribution in [2.45, 2.75) is 110 Å². The Labute approximate surface area is 305 Å². The Morgan fingerprint density at radius 2 is 1.65 bits per heavy atom. The molecule has 0 bridgehead atoms. The summed E-state index contributed by atoms with van der Waals surface area (Å²) < 4.78 is 23.8. The number of fused-ring (bicyclic) bond motifs is 5. The molecule has 3 aromatic rings. The fourth-order valence-corrected chi connectivity index (χ4v) is 8.33. The Morgan fingerprint density at radius 3 is 2.29 bits per heavy atom. The number of carbonyl (C=O) groups excluding carboxylic acids is 4. The average Bonchev–Trinajstić information content (AvgIpc) is 3.39. The van der Waals surface area contributed by atoms with Gasteiger partial charge < -0.3 is 28.8 Å². The summed E-state index contributed by atoms with van der Waals surface area (Å²) >= 11 is 0. The molecule has 0 spiro atoms. The molecule has 14 heteroatoms. The molecule has 4 heterocycles. The van der Waals surface area contributed by atoms with Gasteiger partial charge >= 0.3 is 24.1 Å². The van der Waals surface area contributed by atoms with Gasteiger partial charge in [0.1, 0.15) is 17.8 Å². The van der Waals surface area contributed by atoms with Crippen LogP contribution in [-0.4, -0.2) is 69.7 Å². The van der Waals surface area contributed by atoms with Crippen LogP contribution < -0.4 is 16.2 Å². The van der Waals surface area contributed by atoms with Crippen molar-refractivity contribution in [2.24, 2.45) is 0 Å². The first-order valence-electron chi connectivity index (χ1n) is 17.5. The molecule has 0 fully saturated rings. The van der Waals surface area contributed by atoms with Gasteiger partial charge in [0, 0.05) is 40.1 Å². The van der Waals surface area contributed by atoms with Crippen LogP contribution in [0.15, 0.2) is 34.0 Å². The van der Waals surface area contributed by atoms with E-state index in [4.69, 9.17) is 23.9 Å². The topological polar surface area (TPSA) is 164 Å². The number of nitrogens with zero attached hydrogens (tertiary/aromatic N) is 2. The molecular weight excluding hydrogens is 689 g/mol. The SMILES string of the molecule is CC[C@@]1(OC(=O)CCCNC(=O)OC(C)(C)C)C(=O)OCc2c1cc1n(c2=O)Cc2c-1nc1ccc(NC(=O)OC(C)(C)C)cc1c2S(C)(C)CC. The zero-order valence-corrected chi connectivity index (χ0v) is 32.6. The molecule has 2 aliphatic heterocycles. The van der Waals surface area contributed by atoms with Crippen molar-refractivity contribution in [3.05, 3.63) is 51.3 Å². The lowest BCUT2D eigenvalue weighted by Crippen LogP contribution is -2.47. The molecule has 5 rings (SSSR count). The molecule has 282 valence electrons. The summed E-state index contributed by atoms with van der Waals surface area (Å²) in [4.78, 5) is 71.7. The van der Waals surface area contributed by atoms with Gasteiger partial charge in [0.2, 0.25) is 5.60 Å². The Kier molecular flexibility index (Phi) is 10.5. The summed E-state index contributed by atoms with van der Waals surface area (Å²) in [6.45, 7) is 14.6. The summed E-state index contributed by atoms with van der Waals surface area (Å²) in [5.41, 5.74) is 0.309. The monoisotopic (exact) mass is 738 g/mol. The van der Waals surface area contributed by atoms with Crippen LogP contribution in [0.25, 0.3) is 22.3 Å². The molecule has 52 heavy (non-hydrogen) atoms. The van der Waals surface area contributed by atoms with Crippen molar-refractivity contribution >= 4 is 50.7 Å². The number of anilines is 1. The Bertz CT molecular complexity index is 2010. The molecule has 2 N–H and O–H groups in total. The number of benzene rings is 1. The zero-order chi connectivity index (χ0) is 38.4. The molecule has 1 atom stereocenters. The molecule has 2 aliphatic rings. The third-order valence-corrected chi connectivity index (χ3v) is 12.1. The highest BCUT2D eigenvalue weighted by atomic mass is 32.3. The first kappa shape index (κ1) is 38.6. The van der Waals surface area contributed by atoms with E-state index in [0.29, 0.717) is 22.6 Å². The first-order valence-corrected chi connectivity index (χ1v) is 20.1. The number of esters is 2. The Morgan fingerprint density at radius 1 is 0.981 bits per heavy atom. The third-order valence-electron chi connectivity index (χ3n) is 9.04. The lowest BCUT2D eigenvalue weighted by molar-refractivity contribution is -0.189. The summed E-state index contributed by atoms with van der Waals surface area (Å²) in [7, 11) is -1.43. The predicted molar refractivity (Wildman–Crippen MR) is 200 cm³/mol. The number of alkyl carbamates (subject to hydrolysis) is 1. The van der Waals surface area contributed by atoms with Crippen LogP contribution in [0.4, 0.5) is 15.3 Å². The zero-order valence-electron chi connectivity index (χ0n) is 31.7. The number of amides is 2. The summed E-state index contributed by atoms with van der Waals surface area (Å²) in [6, 6.07) is 7.25. The summed E-state index contributed by atoms with van der Waals surface area (Å²) in [6.07, 6.45) is 3.44. The van der Waals surface area contributed by atoms with Crippen LogP contribution in [-0.2, 0) is 47.3 Å². The van der Waals surface area contributed by atoms with Gasteiger partial charge in [0.15, 0.2) is 0 Å². The summed E-state index contributed by atoms with van der Waals surface area (Å²) in [5, 5.41) is 6.32. The Hall–Kier alpha value is -4.59. The molecule has 0 aliphatic carbocycles. The van der Waals surface area contributed by atoms with E-state index in [1.807, 2.05) is 12.1 Å². The minimum absolute atomic E-state index is 0.0350. The van der Waals surface area contributed by atoms with E-state index < -0.39 is 51.0 Å². The minimum atomic E-state index is -1.84. The van der Waals surface area contributed by atoms with E-state index in [-0.39, 0.29) is 55.6 Å². The smallest absolute Gasteiger partial charge is 0.412 e. The molecule has 0 saturated carbocycles. The normalized spacial score (nSPS) is 17.0. The first-order chi connectivity index (χ1) is 24.2. The fourth-order valence-electron chi connectivity index (χ4n) is 6.46. The molecule has 0 unspecified atom stereocenters. The number of rotatable bonds is 9. The standard InChI is InChI=1S/C38H50N4O9S/c1-11-38(49-29(43)14-13-17-39-34(46)50-36(3,4)5)26-19-28-30-24(20-42(28)32(44)25(26)21-48-33(38)45)31(52(9,10)12-2)23-18-22(15-16-27(23)41-30)40-35(47)51-37(6,7)8/h15-16,18-19H,11-14,17,20-21H2,1-10H3,(H,39,46)(H,40,47)/t38-/m0/s1. The number of aromatic nitrogens is 2. The lowest BCUT2D eigenvalue weighted by Gasteiger charge is -2.35. The third kappa shape index (κ3) is 7.76. The van der Waals surface area contributed by atoms with Crippen LogP contribution in [0.1, 0.15) is 91.3 Å². The fraction of sp³-hybridized carbons (Fsp3) is 0.526. The van der Waals surface area contributed by atoms with E-state index in [9.17, 15) is 24.0 Å². The highest BCUT2D eigenvalue weighted by Crippen LogP contribution is 2.56. The maximum absolute atomic E-state index is 14.3. The quantitative estimate of drug-likeness (QED) is 0.107. The lowest BCUT2D eigenvalue weighted by atomic mass is 9.85. The average molecular weight is 739 g/mol. The second-order valence-electron chi connectivity index (χ2n) is 15.5. The van der Waals surface area contributed by atoms with Gasteiger partial charge in [0.25, 0.3) is 5.56 Å². The number of ether oxygens (including phenoxy) is 4. The highest BCUT2D eigenvalue weighted by molar-refractivity contribution is 8.32. The van der Waals surface area contributed by atoms with Gasteiger partial charge in [-0.05, 0) is 96.9 Å². The van der Waals surface area contributed by atoms with E-state index >= 15 is 0 Å².